The molecule has 3 rings (SSSR count). The van der Waals surface area contributed by atoms with E-state index in [1.165, 1.54) is 29.5 Å². The Labute approximate surface area is 169 Å². The van der Waals surface area contributed by atoms with E-state index in [0.29, 0.717) is 5.56 Å². The summed E-state index contributed by atoms with van der Waals surface area (Å²) in [5.41, 5.74) is 5.93. The van der Waals surface area contributed by atoms with Crippen LogP contribution in [0.15, 0.2) is 48.5 Å². The van der Waals surface area contributed by atoms with Crippen LogP contribution in [0.4, 0.5) is 0 Å². The molecule has 0 amide bonds. The summed E-state index contributed by atoms with van der Waals surface area (Å²) in [6.45, 7) is 13.9. The quantitative estimate of drug-likeness (QED) is 0.642. The molecule has 148 valence electrons. The zero-order valence-electron chi connectivity index (χ0n) is 18.0. The lowest BCUT2D eigenvalue weighted by molar-refractivity contribution is 0.0697. The molecule has 0 bridgehead atoms. The van der Waals surface area contributed by atoms with Gasteiger partial charge in [-0.2, -0.15) is 0 Å². The van der Waals surface area contributed by atoms with Crippen molar-refractivity contribution in [1.29, 1.82) is 0 Å². The van der Waals surface area contributed by atoms with Crippen molar-refractivity contribution in [3.8, 4) is 0 Å². The minimum atomic E-state index is -0.893. The molecule has 0 atom stereocenters. The molecule has 0 unspecified atom stereocenters. The van der Waals surface area contributed by atoms with Gasteiger partial charge in [0, 0.05) is 5.41 Å². The third kappa shape index (κ3) is 3.92. The molecule has 0 saturated carbocycles. The molecule has 2 aromatic carbocycles. The van der Waals surface area contributed by atoms with Crippen LogP contribution in [0.1, 0.15) is 87.0 Å². The smallest absolute Gasteiger partial charge is 0.335 e. The van der Waals surface area contributed by atoms with Crippen molar-refractivity contribution in [1.82, 2.24) is 0 Å². The van der Waals surface area contributed by atoms with E-state index in [-0.39, 0.29) is 16.2 Å². The number of carbonyl (C=O) groups is 1. The molecule has 1 aliphatic carbocycles. The van der Waals surface area contributed by atoms with E-state index in [1.54, 1.807) is 12.1 Å². The van der Waals surface area contributed by atoms with Crippen LogP contribution in [0.3, 0.4) is 0 Å². The van der Waals surface area contributed by atoms with Crippen LogP contribution >= 0.6 is 0 Å². The van der Waals surface area contributed by atoms with Crippen molar-refractivity contribution in [2.45, 2.75) is 70.6 Å². The molecule has 2 nitrogen and oxygen atoms in total. The Morgan fingerprint density at radius 1 is 0.929 bits per heavy atom. The van der Waals surface area contributed by atoms with Crippen LogP contribution < -0.4 is 0 Å². The van der Waals surface area contributed by atoms with Crippen LogP contribution in [-0.2, 0) is 16.2 Å². The van der Waals surface area contributed by atoms with Crippen LogP contribution in [0, 0.1) is 0 Å². The van der Waals surface area contributed by atoms with Crippen LogP contribution in [0.5, 0.6) is 0 Å². The lowest BCUT2D eigenvalue weighted by Crippen LogP contribution is -2.34. The number of carboxylic acid groups (broad SMARTS) is 1. The van der Waals surface area contributed by atoms with E-state index >= 15 is 0 Å². The summed E-state index contributed by atoms with van der Waals surface area (Å²) in [7, 11) is 0. The highest BCUT2D eigenvalue weighted by Gasteiger charge is 2.37. The zero-order valence-corrected chi connectivity index (χ0v) is 18.0. The SMILES string of the molecule is CC(C)(/C=C/c1ccc(C(=O)O)cc1)c1ccc2c(c1)C(C)(C)CCC2(C)C. The van der Waals surface area contributed by atoms with E-state index in [9.17, 15) is 4.79 Å². The number of aromatic carboxylic acids is 1. The number of allylic oxidation sites excluding steroid dienone is 1. The minimum Gasteiger partial charge on any atom is -0.478 e. The predicted octanol–water partition coefficient (Wildman–Crippen LogP) is 6.72. The standard InChI is InChI=1S/C26H32O2/c1-24(2,14-13-18-7-9-19(10-8-18)23(27)28)20-11-12-21-22(17-20)26(5,6)16-15-25(21,3)4/h7-14,17H,15-16H2,1-6H3,(H,27,28)/b14-13+. The Hall–Kier alpha value is -2.35. The molecule has 1 aliphatic rings. The summed E-state index contributed by atoms with van der Waals surface area (Å²) in [6.07, 6.45) is 6.73. The van der Waals surface area contributed by atoms with Crippen molar-refractivity contribution >= 4 is 12.0 Å². The van der Waals surface area contributed by atoms with Crippen LogP contribution in [-0.4, -0.2) is 11.1 Å². The molecular weight excluding hydrogens is 344 g/mol. The maximum Gasteiger partial charge on any atom is 0.335 e. The molecular formula is C26H32O2. The van der Waals surface area contributed by atoms with Crippen molar-refractivity contribution in [3.05, 3.63) is 76.4 Å². The lowest BCUT2D eigenvalue weighted by atomic mass is 9.62. The minimum absolute atomic E-state index is 0.113. The number of hydrogen-bond acceptors (Lipinski definition) is 1. The number of fused-ring (bicyclic) bond motifs is 1. The van der Waals surface area contributed by atoms with E-state index in [2.05, 4.69) is 71.9 Å². The van der Waals surface area contributed by atoms with Gasteiger partial charge in [-0.3, -0.25) is 0 Å². The Morgan fingerprint density at radius 3 is 2.07 bits per heavy atom. The molecule has 2 heteroatoms. The van der Waals surface area contributed by atoms with Gasteiger partial charge in [-0.1, -0.05) is 84.0 Å². The molecule has 1 N–H and O–H groups in total. The van der Waals surface area contributed by atoms with Crippen molar-refractivity contribution in [2.75, 3.05) is 0 Å². The third-order valence-corrected chi connectivity index (χ3v) is 6.45. The van der Waals surface area contributed by atoms with E-state index in [0.717, 1.165) is 5.56 Å². The van der Waals surface area contributed by atoms with Crippen LogP contribution in [0.25, 0.3) is 6.08 Å². The van der Waals surface area contributed by atoms with E-state index in [1.807, 2.05) is 12.1 Å². The van der Waals surface area contributed by atoms with Gasteiger partial charge in [0.25, 0.3) is 0 Å². The van der Waals surface area contributed by atoms with Gasteiger partial charge < -0.3 is 5.11 Å². The molecule has 28 heavy (non-hydrogen) atoms. The Kier molecular flexibility index (Phi) is 5.04. The number of carboxylic acids is 1. The maximum atomic E-state index is 11.0. The van der Waals surface area contributed by atoms with Gasteiger partial charge in [0.1, 0.15) is 0 Å². The molecule has 0 spiro atoms. The molecule has 0 aromatic heterocycles. The number of benzene rings is 2. The number of hydrogen-bond donors (Lipinski definition) is 1. The van der Waals surface area contributed by atoms with Gasteiger partial charge in [0.15, 0.2) is 0 Å². The summed E-state index contributed by atoms with van der Waals surface area (Å²) < 4.78 is 0. The van der Waals surface area contributed by atoms with Crippen molar-refractivity contribution < 1.29 is 9.90 Å². The van der Waals surface area contributed by atoms with Crippen molar-refractivity contribution in [3.63, 3.8) is 0 Å². The maximum absolute atomic E-state index is 11.0. The third-order valence-electron chi connectivity index (χ3n) is 6.45. The van der Waals surface area contributed by atoms with Crippen LogP contribution in [0.2, 0.25) is 0 Å². The highest BCUT2D eigenvalue weighted by atomic mass is 16.4. The average Bonchev–Trinajstić information content (AvgIpc) is 2.64. The first-order chi connectivity index (χ1) is 12.9. The predicted molar refractivity (Wildman–Crippen MR) is 117 cm³/mol. The molecule has 2 aromatic rings. The highest BCUT2D eigenvalue weighted by Crippen LogP contribution is 2.46. The van der Waals surface area contributed by atoms with Gasteiger partial charge in [0.05, 0.1) is 5.56 Å². The summed E-state index contributed by atoms with van der Waals surface area (Å²) in [5.74, 6) is -0.893. The normalized spacial score (nSPS) is 18.1. The fourth-order valence-electron chi connectivity index (χ4n) is 4.13. The summed E-state index contributed by atoms with van der Waals surface area (Å²) in [4.78, 5) is 11.0. The Morgan fingerprint density at radius 2 is 1.50 bits per heavy atom. The van der Waals surface area contributed by atoms with E-state index in [4.69, 9.17) is 5.11 Å². The first-order valence-corrected chi connectivity index (χ1v) is 10.1. The van der Waals surface area contributed by atoms with Gasteiger partial charge in [-0.15, -0.1) is 0 Å². The first kappa shape index (κ1) is 20.4. The van der Waals surface area contributed by atoms with E-state index < -0.39 is 5.97 Å². The zero-order chi connectivity index (χ0) is 20.7. The second kappa shape index (κ2) is 6.92. The average molecular weight is 377 g/mol. The molecule has 0 saturated heterocycles. The lowest BCUT2D eigenvalue weighted by Gasteiger charge is -2.42. The second-order valence-electron chi connectivity index (χ2n) is 10.0. The van der Waals surface area contributed by atoms with Crippen molar-refractivity contribution in [2.24, 2.45) is 0 Å². The summed E-state index contributed by atoms with van der Waals surface area (Å²) in [6, 6.07) is 14.0. The topological polar surface area (TPSA) is 37.3 Å². The first-order valence-electron chi connectivity index (χ1n) is 10.1. The van der Waals surface area contributed by atoms with Gasteiger partial charge in [0.2, 0.25) is 0 Å². The van der Waals surface area contributed by atoms with Gasteiger partial charge in [-0.25, -0.2) is 4.79 Å². The highest BCUT2D eigenvalue weighted by molar-refractivity contribution is 5.87. The molecule has 0 radical (unpaired) electrons. The largest absolute Gasteiger partial charge is 0.478 e. The van der Waals surface area contributed by atoms with Gasteiger partial charge in [-0.05, 0) is 58.1 Å². The molecule has 0 fully saturated rings. The summed E-state index contributed by atoms with van der Waals surface area (Å²) in [5, 5.41) is 9.04. The number of rotatable bonds is 4. The molecule has 0 aliphatic heterocycles. The van der Waals surface area contributed by atoms with Gasteiger partial charge >= 0.3 is 5.97 Å². The molecule has 0 heterocycles. The fraction of sp³-hybridized carbons (Fsp3) is 0.423. The fourth-order valence-corrected chi connectivity index (χ4v) is 4.13. The summed E-state index contributed by atoms with van der Waals surface area (Å²) >= 11 is 0. The Bertz CT molecular complexity index is 912. The Balaban J connectivity index is 1.93. The second-order valence-corrected chi connectivity index (χ2v) is 10.0. The monoisotopic (exact) mass is 376 g/mol.